The minimum atomic E-state index is -0.955. The maximum atomic E-state index is 14.0. The van der Waals surface area contributed by atoms with Crippen molar-refractivity contribution in [2.24, 2.45) is 0 Å². The fourth-order valence-corrected chi connectivity index (χ4v) is 3.95. The van der Waals surface area contributed by atoms with Crippen molar-refractivity contribution in [2.45, 2.75) is 38.6 Å². The van der Waals surface area contributed by atoms with E-state index >= 15 is 0 Å². The van der Waals surface area contributed by atoms with E-state index in [2.05, 4.69) is 10.4 Å². The summed E-state index contributed by atoms with van der Waals surface area (Å²) in [6.07, 6.45) is -0.267. The number of aliphatic hydroxyl groups excluding tert-OH is 1. The molecule has 0 saturated heterocycles. The predicted octanol–water partition coefficient (Wildman–Crippen LogP) is 2.17. The molecular weight excluding hydrogens is 436 g/mol. The molecule has 2 aliphatic rings. The highest BCUT2D eigenvalue weighted by atomic mass is 35.5. The number of carbonyl (C=O) groups excluding carboxylic acids is 2. The van der Waals surface area contributed by atoms with Gasteiger partial charge in [0.1, 0.15) is 23.4 Å². The molecular formula is C19H20ClF2N5O4. The van der Waals surface area contributed by atoms with Crippen LogP contribution in [0.2, 0.25) is 5.02 Å². The molecule has 0 saturated carbocycles. The molecule has 0 aliphatic carbocycles. The van der Waals surface area contributed by atoms with Gasteiger partial charge in [0, 0.05) is 31.1 Å². The number of halogens is 3. The van der Waals surface area contributed by atoms with Crippen molar-refractivity contribution in [2.75, 3.05) is 19.0 Å². The first-order chi connectivity index (χ1) is 14.7. The summed E-state index contributed by atoms with van der Waals surface area (Å²) in [6, 6.07) is 0.669. The Bertz CT molecular complexity index is 1060. The zero-order valence-corrected chi connectivity index (χ0v) is 17.5. The van der Waals surface area contributed by atoms with Gasteiger partial charge in [-0.05, 0) is 13.0 Å². The maximum Gasteiger partial charge on any atom is 0.322 e. The number of nitrogens with zero attached hydrogens (tertiary/aromatic N) is 4. The molecule has 12 heteroatoms. The third kappa shape index (κ3) is 3.84. The number of hydroxylamine groups is 2. The summed E-state index contributed by atoms with van der Waals surface area (Å²) in [6.45, 7) is 1.74. The number of aliphatic hydroxyl groups is 1. The van der Waals surface area contributed by atoms with E-state index in [4.69, 9.17) is 16.4 Å². The van der Waals surface area contributed by atoms with Gasteiger partial charge >= 0.3 is 6.03 Å². The number of hydrogen-bond acceptors (Lipinski definition) is 5. The molecule has 0 fully saturated rings. The monoisotopic (exact) mass is 455 g/mol. The SMILES string of the molecule is C[C@@H]1Cc2nn3c(c2CN1C(=O)Nc1cc(Cl)c(F)cc1F)C(=O)N(C)OC(CO)C3. The number of benzene rings is 1. The van der Waals surface area contributed by atoms with Crippen LogP contribution in [0.4, 0.5) is 19.3 Å². The van der Waals surface area contributed by atoms with Gasteiger partial charge in [-0.1, -0.05) is 11.6 Å². The second kappa shape index (κ2) is 8.06. The summed E-state index contributed by atoms with van der Waals surface area (Å²) in [5.41, 5.74) is 1.25. The van der Waals surface area contributed by atoms with Crippen molar-refractivity contribution in [3.8, 4) is 0 Å². The first-order valence-corrected chi connectivity index (χ1v) is 9.93. The summed E-state index contributed by atoms with van der Waals surface area (Å²) in [5, 5.41) is 17.1. The van der Waals surface area contributed by atoms with E-state index in [1.165, 1.54) is 16.6 Å². The first-order valence-electron chi connectivity index (χ1n) is 9.56. The third-order valence-corrected chi connectivity index (χ3v) is 5.66. The van der Waals surface area contributed by atoms with Crippen LogP contribution in [0, 0.1) is 11.6 Å². The van der Waals surface area contributed by atoms with E-state index in [0.29, 0.717) is 23.7 Å². The van der Waals surface area contributed by atoms with E-state index in [-0.39, 0.29) is 42.1 Å². The Kier molecular flexibility index (Phi) is 5.58. The molecule has 2 aromatic rings. The zero-order chi connectivity index (χ0) is 22.4. The molecule has 3 heterocycles. The number of rotatable bonds is 2. The average molecular weight is 456 g/mol. The smallest absolute Gasteiger partial charge is 0.322 e. The normalized spacial score (nSPS) is 20.9. The van der Waals surface area contributed by atoms with Gasteiger partial charge in [-0.25, -0.2) is 18.6 Å². The molecule has 2 N–H and O–H groups in total. The Hall–Kier alpha value is -2.76. The van der Waals surface area contributed by atoms with Gasteiger partial charge in [-0.2, -0.15) is 5.10 Å². The highest BCUT2D eigenvalue weighted by molar-refractivity contribution is 6.31. The lowest BCUT2D eigenvalue weighted by Crippen LogP contribution is -2.45. The molecule has 1 aromatic carbocycles. The van der Waals surface area contributed by atoms with Crippen LogP contribution < -0.4 is 5.32 Å². The molecule has 1 aromatic heterocycles. The van der Waals surface area contributed by atoms with Crippen molar-refractivity contribution >= 4 is 29.2 Å². The quantitative estimate of drug-likeness (QED) is 0.676. The minimum absolute atomic E-state index is 0.0532. The number of anilines is 1. The summed E-state index contributed by atoms with van der Waals surface area (Å²) in [5.74, 6) is -2.33. The molecule has 166 valence electrons. The second-order valence-electron chi connectivity index (χ2n) is 7.53. The molecule has 1 unspecified atom stereocenters. The van der Waals surface area contributed by atoms with Gasteiger partial charge in [-0.15, -0.1) is 0 Å². The highest BCUT2D eigenvalue weighted by Crippen LogP contribution is 2.30. The molecule has 4 rings (SSSR count). The zero-order valence-electron chi connectivity index (χ0n) is 16.7. The van der Waals surface area contributed by atoms with Crippen molar-refractivity contribution in [1.82, 2.24) is 19.7 Å². The van der Waals surface area contributed by atoms with Crippen molar-refractivity contribution < 1.29 is 28.3 Å². The van der Waals surface area contributed by atoms with E-state index in [1.54, 1.807) is 6.92 Å². The van der Waals surface area contributed by atoms with Crippen LogP contribution in [0.15, 0.2) is 12.1 Å². The van der Waals surface area contributed by atoms with Gasteiger partial charge < -0.3 is 15.3 Å². The molecule has 31 heavy (non-hydrogen) atoms. The highest BCUT2D eigenvalue weighted by Gasteiger charge is 2.37. The third-order valence-electron chi connectivity index (χ3n) is 5.37. The lowest BCUT2D eigenvalue weighted by Gasteiger charge is -2.33. The summed E-state index contributed by atoms with van der Waals surface area (Å²) < 4.78 is 28.9. The van der Waals surface area contributed by atoms with Gasteiger partial charge in [0.15, 0.2) is 0 Å². The number of amides is 3. The molecule has 2 aliphatic heterocycles. The first kappa shape index (κ1) is 21.5. The molecule has 0 radical (unpaired) electrons. The van der Waals surface area contributed by atoms with Gasteiger partial charge in [0.25, 0.3) is 5.91 Å². The van der Waals surface area contributed by atoms with Crippen LogP contribution in [-0.2, 0) is 24.3 Å². The number of aromatic nitrogens is 2. The number of nitrogens with one attached hydrogen (secondary N) is 1. The van der Waals surface area contributed by atoms with Gasteiger partial charge in [-0.3, -0.25) is 14.3 Å². The molecule has 0 bridgehead atoms. The fourth-order valence-electron chi connectivity index (χ4n) is 3.78. The Labute approximate surface area is 181 Å². The van der Waals surface area contributed by atoms with Crippen LogP contribution in [0.3, 0.4) is 0 Å². The fraction of sp³-hybridized carbons (Fsp3) is 0.421. The van der Waals surface area contributed by atoms with E-state index in [0.717, 1.165) is 11.1 Å². The molecule has 3 amide bonds. The van der Waals surface area contributed by atoms with Crippen LogP contribution in [0.5, 0.6) is 0 Å². The number of urea groups is 1. The number of fused-ring (bicyclic) bond motifs is 3. The van der Waals surface area contributed by atoms with Crippen LogP contribution >= 0.6 is 11.6 Å². The number of hydrogen-bond donors (Lipinski definition) is 2. The van der Waals surface area contributed by atoms with Crippen LogP contribution in [-0.4, -0.2) is 62.6 Å². The van der Waals surface area contributed by atoms with Crippen molar-refractivity contribution in [3.63, 3.8) is 0 Å². The number of carbonyl (C=O) groups is 2. The molecule has 0 spiro atoms. The van der Waals surface area contributed by atoms with Gasteiger partial charge in [0.2, 0.25) is 0 Å². The minimum Gasteiger partial charge on any atom is -0.393 e. The Balaban J connectivity index is 1.63. The maximum absolute atomic E-state index is 14.0. The molecule has 2 atom stereocenters. The van der Waals surface area contributed by atoms with Gasteiger partial charge in [0.05, 0.1) is 36.1 Å². The Morgan fingerprint density at radius 1 is 1.39 bits per heavy atom. The second-order valence-corrected chi connectivity index (χ2v) is 7.93. The predicted molar refractivity (Wildman–Crippen MR) is 105 cm³/mol. The lowest BCUT2D eigenvalue weighted by atomic mass is 9.99. The lowest BCUT2D eigenvalue weighted by molar-refractivity contribution is -0.159. The van der Waals surface area contributed by atoms with Crippen LogP contribution in [0.25, 0.3) is 0 Å². The topological polar surface area (TPSA) is 99.9 Å². The standard InChI is InChI=1S/C19H20ClF2N5O4/c1-9-3-15-11(17-18(29)25(2)31-10(8-28)6-27(17)24-15)7-26(9)19(30)23-16-4-12(20)13(21)5-14(16)22/h4-5,9-10,28H,3,6-8H2,1-2H3,(H,23,30)/t9-,10?/m1/s1. The average Bonchev–Trinajstić information content (AvgIpc) is 3.00. The Morgan fingerprint density at radius 3 is 2.84 bits per heavy atom. The van der Waals surface area contributed by atoms with E-state index in [9.17, 15) is 23.5 Å². The van der Waals surface area contributed by atoms with E-state index < -0.39 is 29.7 Å². The summed E-state index contributed by atoms with van der Waals surface area (Å²) >= 11 is 5.69. The molecule has 9 nitrogen and oxygen atoms in total. The Morgan fingerprint density at radius 2 is 2.13 bits per heavy atom. The van der Waals surface area contributed by atoms with Crippen LogP contribution in [0.1, 0.15) is 28.7 Å². The summed E-state index contributed by atoms with van der Waals surface area (Å²) in [4.78, 5) is 32.5. The largest absolute Gasteiger partial charge is 0.393 e. The summed E-state index contributed by atoms with van der Waals surface area (Å²) in [7, 11) is 1.44. The van der Waals surface area contributed by atoms with Crippen molar-refractivity contribution in [1.29, 1.82) is 0 Å². The van der Waals surface area contributed by atoms with E-state index in [1.807, 2.05) is 0 Å². The van der Waals surface area contributed by atoms with Crippen molar-refractivity contribution in [3.05, 3.63) is 45.7 Å².